The normalized spacial score (nSPS) is 10.5. The molecule has 2 aromatic carbocycles. The molecule has 0 aliphatic carbocycles. The van der Waals surface area contributed by atoms with Crippen molar-refractivity contribution in [2.45, 2.75) is 20.3 Å². The van der Waals surface area contributed by atoms with Crippen LogP contribution in [0.2, 0.25) is 5.02 Å². The van der Waals surface area contributed by atoms with Crippen molar-refractivity contribution >= 4 is 29.3 Å². The van der Waals surface area contributed by atoms with Gasteiger partial charge in [-0.3, -0.25) is 4.79 Å². The molecule has 2 aromatic rings. The van der Waals surface area contributed by atoms with E-state index < -0.39 is 5.91 Å². The largest absolute Gasteiger partial charge is 0.490 e. The van der Waals surface area contributed by atoms with E-state index in [4.69, 9.17) is 27.5 Å². The number of terminal acetylenes is 1. The molecule has 5 nitrogen and oxygen atoms in total. The van der Waals surface area contributed by atoms with Gasteiger partial charge in [-0.25, -0.2) is 0 Å². The molecular weight excluding hydrogens is 412 g/mol. The molecular formula is C25H23ClN2O3. The second-order valence-electron chi connectivity index (χ2n) is 6.46. The number of halogens is 1. The van der Waals surface area contributed by atoms with Gasteiger partial charge >= 0.3 is 0 Å². The Bertz CT molecular complexity index is 1090. The highest BCUT2D eigenvalue weighted by Gasteiger charge is 2.16. The zero-order valence-electron chi connectivity index (χ0n) is 17.5. The van der Waals surface area contributed by atoms with Crippen molar-refractivity contribution in [1.29, 1.82) is 5.26 Å². The molecule has 0 aliphatic heterocycles. The van der Waals surface area contributed by atoms with E-state index in [0.29, 0.717) is 40.8 Å². The third-order valence-electron chi connectivity index (χ3n) is 4.31. The Labute approximate surface area is 187 Å². The van der Waals surface area contributed by atoms with Gasteiger partial charge < -0.3 is 14.8 Å². The van der Waals surface area contributed by atoms with E-state index in [2.05, 4.69) is 17.8 Å². The number of hydrogen-bond donors (Lipinski definition) is 1. The minimum Gasteiger partial charge on any atom is -0.490 e. The summed E-state index contributed by atoms with van der Waals surface area (Å²) in [4.78, 5) is 12.7. The van der Waals surface area contributed by atoms with Gasteiger partial charge in [0.15, 0.2) is 11.5 Å². The van der Waals surface area contributed by atoms with Crippen molar-refractivity contribution in [3.8, 4) is 29.9 Å². The molecule has 6 heteroatoms. The highest BCUT2D eigenvalue weighted by Crippen LogP contribution is 2.35. The Hall–Kier alpha value is -3.67. The predicted molar refractivity (Wildman–Crippen MR) is 124 cm³/mol. The van der Waals surface area contributed by atoms with Gasteiger partial charge in [0, 0.05) is 16.3 Å². The second-order valence-corrected chi connectivity index (χ2v) is 6.87. The maximum atomic E-state index is 12.7. The van der Waals surface area contributed by atoms with E-state index in [1.807, 2.05) is 19.1 Å². The van der Waals surface area contributed by atoms with Crippen LogP contribution in [-0.4, -0.2) is 19.1 Å². The number of nitriles is 1. The number of anilines is 1. The Kier molecular flexibility index (Phi) is 8.76. The molecule has 0 aromatic heterocycles. The zero-order valence-corrected chi connectivity index (χ0v) is 18.3. The molecule has 0 spiro atoms. The van der Waals surface area contributed by atoms with Crippen LogP contribution in [0.15, 0.2) is 48.6 Å². The Morgan fingerprint density at radius 2 is 2.13 bits per heavy atom. The fourth-order valence-corrected chi connectivity index (χ4v) is 3.04. The van der Waals surface area contributed by atoms with Gasteiger partial charge in [0.05, 0.1) is 6.61 Å². The molecule has 0 bridgehead atoms. The van der Waals surface area contributed by atoms with Crippen LogP contribution in [0.3, 0.4) is 0 Å². The van der Waals surface area contributed by atoms with Gasteiger partial charge in [-0.1, -0.05) is 29.7 Å². The molecule has 0 atom stereocenters. The first-order chi connectivity index (χ1) is 14.9. The van der Waals surface area contributed by atoms with Crippen LogP contribution in [0.5, 0.6) is 11.5 Å². The number of nitrogens with one attached hydrogen (secondary N) is 1. The minimum absolute atomic E-state index is 0.0660. The van der Waals surface area contributed by atoms with Gasteiger partial charge in [0.2, 0.25) is 0 Å². The van der Waals surface area contributed by atoms with E-state index in [1.54, 1.807) is 37.3 Å². The Balaban J connectivity index is 2.45. The number of carbonyl (C=O) groups excluding carboxylic acids is 1. The number of allylic oxidation sites excluding steroid dienone is 1. The molecule has 2 rings (SSSR count). The number of carbonyl (C=O) groups is 1. The van der Waals surface area contributed by atoms with Crippen molar-refractivity contribution in [1.82, 2.24) is 0 Å². The summed E-state index contributed by atoms with van der Waals surface area (Å²) < 4.78 is 11.4. The molecule has 0 aliphatic rings. The van der Waals surface area contributed by atoms with E-state index in [-0.39, 0.29) is 12.2 Å². The summed E-state index contributed by atoms with van der Waals surface area (Å²) in [6.07, 6.45) is 9.04. The first-order valence-corrected chi connectivity index (χ1v) is 9.98. The van der Waals surface area contributed by atoms with Crippen molar-refractivity contribution in [3.05, 3.63) is 70.3 Å². The third-order valence-corrected chi connectivity index (χ3v) is 4.72. The first kappa shape index (κ1) is 23.6. The van der Waals surface area contributed by atoms with Crippen LogP contribution < -0.4 is 14.8 Å². The third kappa shape index (κ3) is 6.15. The average molecular weight is 435 g/mol. The number of hydrogen-bond acceptors (Lipinski definition) is 4. The van der Waals surface area contributed by atoms with Gasteiger partial charge in [-0.05, 0) is 61.7 Å². The van der Waals surface area contributed by atoms with Crippen LogP contribution >= 0.6 is 11.6 Å². The number of nitrogens with zero attached hydrogens (tertiary/aromatic N) is 1. The molecule has 1 N–H and O–H groups in total. The van der Waals surface area contributed by atoms with Crippen LogP contribution in [0.25, 0.3) is 6.08 Å². The molecule has 0 saturated carbocycles. The molecule has 0 fully saturated rings. The minimum atomic E-state index is -0.538. The van der Waals surface area contributed by atoms with E-state index >= 15 is 0 Å². The maximum Gasteiger partial charge on any atom is 0.266 e. The van der Waals surface area contributed by atoms with Crippen molar-refractivity contribution in [3.63, 3.8) is 0 Å². The smallest absolute Gasteiger partial charge is 0.266 e. The zero-order chi connectivity index (χ0) is 22.8. The quantitative estimate of drug-likeness (QED) is 0.250. The Morgan fingerprint density at radius 1 is 1.35 bits per heavy atom. The molecule has 158 valence electrons. The average Bonchev–Trinajstić information content (AvgIpc) is 2.75. The monoisotopic (exact) mass is 434 g/mol. The number of benzene rings is 2. The van der Waals surface area contributed by atoms with Crippen LogP contribution in [0.4, 0.5) is 5.69 Å². The van der Waals surface area contributed by atoms with Gasteiger partial charge in [-0.15, -0.1) is 13.0 Å². The summed E-state index contributed by atoms with van der Waals surface area (Å²) in [5.41, 5.74) is 2.59. The lowest BCUT2D eigenvalue weighted by molar-refractivity contribution is -0.112. The lowest BCUT2D eigenvalue weighted by atomic mass is 10.0. The van der Waals surface area contributed by atoms with E-state index in [0.717, 1.165) is 11.1 Å². The summed E-state index contributed by atoms with van der Waals surface area (Å²) in [7, 11) is 0. The standard InChI is InChI=1S/C25H23ClN2O3/c1-5-9-19-13-18(15-23(30-7-3)24(19)31-12-6-2)14-20(16-27)25(29)28-22-11-8-10-21(26)17(22)4/h2,5,8,10-11,13-15H,1,7,9,12H2,3-4H3,(H,28,29)/b20-14+. The van der Waals surface area contributed by atoms with E-state index in [1.165, 1.54) is 6.08 Å². The lowest BCUT2D eigenvalue weighted by Gasteiger charge is -2.15. The van der Waals surface area contributed by atoms with Gasteiger partial charge in [0.1, 0.15) is 18.2 Å². The number of amides is 1. The van der Waals surface area contributed by atoms with Crippen LogP contribution in [-0.2, 0) is 11.2 Å². The summed E-state index contributed by atoms with van der Waals surface area (Å²) in [5, 5.41) is 12.8. The lowest BCUT2D eigenvalue weighted by Crippen LogP contribution is -2.14. The van der Waals surface area contributed by atoms with Crippen LogP contribution in [0, 0.1) is 30.6 Å². The number of ether oxygens (including phenoxy) is 2. The fraction of sp³-hybridized carbons (Fsp3) is 0.200. The van der Waals surface area contributed by atoms with Crippen molar-refractivity contribution in [2.24, 2.45) is 0 Å². The number of rotatable bonds is 9. The highest BCUT2D eigenvalue weighted by molar-refractivity contribution is 6.31. The van der Waals surface area contributed by atoms with Gasteiger partial charge in [-0.2, -0.15) is 5.26 Å². The highest BCUT2D eigenvalue weighted by atomic mass is 35.5. The Morgan fingerprint density at radius 3 is 2.77 bits per heavy atom. The second kappa shape index (κ2) is 11.5. The predicted octanol–water partition coefficient (Wildman–Crippen LogP) is 5.33. The molecule has 31 heavy (non-hydrogen) atoms. The fourth-order valence-electron chi connectivity index (χ4n) is 2.86. The van der Waals surface area contributed by atoms with Crippen molar-refractivity contribution < 1.29 is 14.3 Å². The SMILES string of the molecule is C#CCOc1c(CC=C)cc(/C=C(\C#N)C(=O)Nc2cccc(Cl)c2C)cc1OCC. The van der Waals surface area contributed by atoms with Crippen molar-refractivity contribution in [2.75, 3.05) is 18.5 Å². The molecule has 1 amide bonds. The molecule has 0 radical (unpaired) electrons. The van der Waals surface area contributed by atoms with E-state index in [9.17, 15) is 10.1 Å². The molecule has 0 unspecified atom stereocenters. The summed E-state index contributed by atoms with van der Waals surface area (Å²) in [5.74, 6) is 2.90. The van der Waals surface area contributed by atoms with Gasteiger partial charge in [0.25, 0.3) is 5.91 Å². The molecule has 0 heterocycles. The van der Waals surface area contributed by atoms with Crippen LogP contribution in [0.1, 0.15) is 23.6 Å². The maximum absolute atomic E-state index is 12.7. The first-order valence-electron chi connectivity index (χ1n) is 9.60. The summed E-state index contributed by atoms with van der Waals surface area (Å²) in [6, 6.07) is 10.7. The summed E-state index contributed by atoms with van der Waals surface area (Å²) in [6.45, 7) is 7.91. The summed E-state index contributed by atoms with van der Waals surface area (Å²) >= 11 is 6.11. The molecule has 0 saturated heterocycles. The topological polar surface area (TPSA) is 71.3 Å².